The van der Waals surface area contributed by atoms with Crippen molar-refractivity contribution >= 4 is 22.1 Å². The highest BCUT2D eigenvalue weighted by Gasteiger charge is 2.17. The zero-order valence-electron chi connectivity index (χ0n) is 16.3. The van der Waals surface area contributed by atoms with Gasteiger partial charge in [-0.2, -0.15) is 0 Å². The second kappa shape index (κ2) is 7.07. The number of aromatic amines is 2. The van der Waals surface area contributed by atoms with Crippen LogP contribution >= 0.6 is 0 Å². The molecule has 0 saturated carbocycles. The van der Waals surface area contributed by atoms with Gasteiger partial charge in [-0.3, -0.25) is 0 Å². The fraction of sp³-hybridized carbons (Fsp3) is 0. The molecule has 0 aliphatic heterocycles. The van der Waals surface area contributed by atoms with Crippen LogP contribution in [0.5, 0.6) is 11.8 Å². The predicted octanol–water partition coefficient (Wildman–Crippen LogP) is 5.36. The summed E-state index contributed by atoms with van der Waals surface area (Å²) in [6.45, 7) is 0. The first-order valence-corrected chi connectivity index (χ1v) is 9.83. The van der Waals surface area contributed by atoms with Gasteiger partial charge in [0.15, 0.2) is 0 Å². The van der Waals surface area contributed by atoms with Crippen molar-refractivity contribution in [2.75, 3.05) is 0 Å². The van der Waals surface area contributed by atoms with E-state index in [1.807, 2.05) is 72.8 Å². The fourth-order valence-corrected chi connectivity index (χ4v) is 3.56. The van der Waals surface area contributed by atoms with Gasteiger partial charge < -0.3 is 14.7 Å². The fourth-order valence-electron chi connectivity index (χ4n) is 3.56. The number of ether oxygens (including phenoxy) is 1. The average Bonchev–Trinajstić information content (AvgIpc) is 3.44. The van der Waals surface area contributed by atoms with Crippen LogP contribution in [-0.2, 0) is 0 Å². The third-order valence-corrected chi connectivity index (χ3v) is 5.02. The first-order valence-electron chi connectivity index (χ1n) is 9.83. The van der Waals surface area contributed by atoms with Gasteiger partial charge >= 0.3 is 0 Å². The quantitative estimate of drug-likeness (QED) is 0.413. The zero-order chi connectivity index (χ0) is 20.6. The Morgan fingerprint density at radius 3 is 1.52 bits per heavy atom. The molecular weight excluding hydrogens is 388 g/mol. The summed E-state index contributed by atoms with van der Waals surface area (Å²) in [6.07, 6.45) is 3.37. The Hall–Kier alpha value is -4.52. The number of rotatable bonds is 4. The molecular formula is C24H16N6O. The van der Waals surface area contributed by atoms with E-state index in [2.05, 4.69) is 29.9 Å². The lowest BCUT2D eigenvalue weighted by molar-refractivity contribution is 0.448. The van der Waals surface area contributed by atoms with Gasteiger partial charge in [0.2, 0.25) is 11.8 Å². The molecule has 0 radical (unpaired) electrons. The molecule has 0 aliphatic rings. The molecule has 2 aromatic carbocycles. The zero-order valence-corrected chi connectivity index (χ0v) is 16.3. The second-order valence-corrected chi connectivity index (χ2v) is 7.02. The van der Waals surface area contributed by atoms with Gasteiger partial charge in [-0.05, 0) is 48.5 Å². The molecule has 0 aliphatic carbocycles. The third kappa shape index (κ3) is 3.08. The number of aromatic nitrogens is 6. The van der Waals surface area contributed by atoms with E-state index in [1.54, 1.807) is 12.4 Å². The predicted molar refractivity (Wildman–Crippen MR) is 119 cm³/mol. The first kappa shape index (κ1) is 17.3. The summed E-state index contributed by atoms with van der Waals surface area (Å²) in [5.41, 5.74) is 5.17. The van der Waals surface area contributed by atoms with Crippen LogP contribution < -0.4 is 4.74 Å². The van der Waals surface area contributed by atoms with Crippen molar-refractivity contribution in [1.29, 1.82) is 0 Å². The van der Waals surface area contributed by atoms with Crippen LogP contribution in [0.4, 0.5) is 0 Å². The van der Waals surface area contributed by atoms with Crippen LogP contribution in [0, 0.1) is 0 Å². The molecule has 7 nitrogen and oxygen atoms in total. The van der Waals surface area contributed by atoms with Crippen molar-refractivity contribution in [2.24, 2.45) is 0 Å². The maximum atomic E-state index is 6.20. The van der Waals surface area contributed by atoms with Gasteiger partial charge in [0.1, 0.15) is 11.6 Å². The summed E-state index contributed by atoms with van der Waals surface area (Å²) in [5.74, 6) is 2.20. The molecule has 0 amide bonds. The van der Waals surface area contributed by atoms with E-state index in [-0.39, 0.29) is 0 Å². The molecule has 31 heavy (non-hydrogen) atoms. The van der Waals surface area contributed by atoms with Crippen molar-refractivity contribution in [2.45, 2.75) is 0 Å². The molecule has 2 N–H and O–H groups in total. The Kier molecular flexibility index (Phi) is 3.96. The van der Waals surface area contributed by atoms with Crippen molar-refractivity contribution in [3.63, 3.8) is 0 Å². The molecule has 4 heterocycles. The van der Waals surface area contributed by atoms with Gasteiger partial charge in [-0.25, -0.2) is 19.9 Å². The Bertz CT molecular complexity index is 1350. The number of fused-ring (bicyclic) bond motifs is 2. The topological polar surface area (TPSA) is 92.4 Å². The highest BCUT2D eigenvalue weighted by atomic mass is 16.5. The van der Waals surface area contributed by atoms with E-state index in [0.717, 1.165) is 33.2 Å². The summed E-state index contributed by atoms with van der Waals surface area (Å²) >= 11 is 0. The first-order chi connectivity index (χ1) is 15.3. The van der Waals surface area contributed by atoms with E-state index in [9.17, 15) is 0 Å². The molecule has 6 aromatic rings. The van der Waals surface area contributed by atoms with E-state index in [4.69, 9.17) is 4.74 Å². The number of nitrogens with one attached hydrogen (secondary N) is 2. The number of benzene rings is 2. The van der Waals surface area contributed by atoms with Crippen LogP contribution in [0.25, 0.3) is 44.8 Å². The van der Waals surface area contributed by atoms with Crippen LogP contribution in [0.3, 0.4) is 0 Å². The third-order valence-electron chi connectivity index (χ3n) is 5.02. The average molecular weight is 404 g/mol. The molecule has 148 valence electrons. The summed E-state index contributed by atoms with van der Waals surface area (Å²) in [5, 5.41) is 0. The van der Waals surface area contributed by atoms with E-state index < -0.39 is 0 Å². The van der Waals surface area contributed by atoms with Crippen molar-refractivity contribution in [3.8, 4) is 34.5 Å². The number of hydrogen-bond acceptors (Lipinski definition) is 5. The molecule has 0 unspecified atom stereocenters. The van der Waals surface area contributed by atoms with Crippen LogP contribution in [0.1, 0.15) is 0 Å². The lowest BCUT2D eigenvalue weighted by atomic mass is 10.2. The minimum Gasteiger partial charge on any atom is -0.419 e. The standard InChI is InChI=1S/C24H16N6O/c1-2-10-18-17(9-1)27-21(28-18)15-7-5-13-25-23(15)31-24-16(8-6-14-26-24)22-29-19-11-3-4-12-20(19)30-22/h1-14H,(H,27,28)(H,29,30). The lowest BCUT2D eigenvalue weighted by Crippen LogP contribution is -1.96. The molecule has 0 fully saturated rings. The van der Waals surface area contributed by atoms with Crippen molar-refractivity contribution < 1.29 is 4.74 Å². The number of imidazole rings is 2. The maximum Gasteiger partial charge on any atom is 0.232 e. The van der Waals surface area contributed by atoms with E-state index in [0.29, 0.717) is 23.4 Å². The SMILES string of the molecule is c1cnc(Oc2ncccc2-c2nc3ccccc3[nH]2)c(-c2nc3ccccc3[nH]2)c1. The smallest absolute Gasteiger partial charge is 0.232 e. The van der Waals surface area contributed by atoms with E-state index in [1.165, 1.54) is 0 Å². The summed E-state index contributed by atoms with van der Waals surface area (Å²) in [7, 11) is 0. The molecule has 4 aromatic heterocycles. The maximum absolute atomic E-state index is 6.20. The molecule has 7 heteroatoms. The number of para-hydroxylation sites is 4. The van der Waals surface area contributed by atoms with Gasteiger partial charge in [-0.15, -0.1) is 0 Å². The number of hydrogen-bond donors (Lipinski definition) is 2. The molecule has 6 rings (SSSR count). The van der Waals surface area contributed by atoms with Crippen LogP contribution in [0.2, 0.25) is 0 Å². The summed E-state index contributed by atoms with van der Waals surface area (Å²) in [4.78, 5) is 24.9. The van der Waals surface area contributed by atoms with Crippen LogP contribution in [0.15, 0.2) is 85.2 Å². The Morgan fingerprint density at radius 2 is 1.03 bits per heavy atom. The highest BCUT2D eigenvalue weighted by molar-refractivity contribution is 5.81. The van der Waals surface area contributed by atoms with Crippen molar-refractivity contribution in [3.05, 3.63) is 85.2 Å². The number of pyridine rings is 2. The Labute approximate surface area is 176 Å². The normalized spacial score (nSPS) is 11.2. The summed E-state index contributed by atoms with van der Waals surface area (Å²) < 4.78 is 6.20. The summed E-state index contributed by atoms with van der Waals surface area (Å²) in [6, 6.07) is 23.3. The minimum absolute atomic E-state index is 0.414. The Balaban J connectivity index is 1.43. The molecule has 0 spiro atoms. The number of nitrogens with zero attached hydrogens (tertiary/aromatic N) is 4. The monoisotopic (exact) mass is 404 g/mol. The lowest BCUT2D eigenvalue weighted by Gasteiger charge is -2.10. The van der Waals surface area contributed by atoms with Crippen molar-refractivity contribution in [1.82, 2.24) is 29.9 Å². The molecule has 0 atom stereocenters. The largest absolute Gasteiger partial charge is 0.419 e. The Morgan fingerprint density at radius 1 is 0.548 bits per heavy atom. The van der Waals surface area contributed by atoms with Gasteiger partial charge in [0.25, 0.3) is 0 Å². The number of H-pyrrole nitrogens is 2. The van der Waals surface area contributed by atoms with Gasteiger partial charge in [0, 0.05) is 12.4 Å². The van der Waals surface area contributed by atoms with Crippen LogP contribution in [-0.4, -0.2) is 29.9 Å². The van der Waals surface area contributed by atoms with E-state index >= 15 is 0 Å². The molecule has 0 saturated heterocycles. The minimum atomic E-state index is 0.414. The second-order valence-electron chi connectivity index (χ2n) is 7.02. The van der Waals surface area contributed by atoms with Gasteiger partial charge in [-0.1, -0.05) is 24.3 Å². The van der Waals surface area contributed by atoms with Gasteiger partial charge in [0.05, 0.1) is 33.2 Å². The highest BCUT2D eigenvalue weighted by Crippen LogP contribution is 2.34. The molecule has 0 bridgehead atoms.